The maximum absolute atomic E-state index is 5.90. The monoisotopic (exact) mass is 291 g/mol. The van der Waals surface area contributed by atoms with Gasteiger partial charge in [0.15, 0.2) is 0 Å². The SMILES string of the molecule is CCNCc1cccc(OCCN2CCC(N(C)C)C2)c1. The van der Waals surface area contributed by atoms with E-state index in [0.29, 0.717) is 6.04 Å². The number of nitrogens with zero attached hydrogens (tertiary/aromatic N) is 2. The van der Waals surface area contributed by atoms with Crippen molar-refractivity contribution in [2.45, 2.75) is 25.9 Å². The van der Waals surface area contributed by atoms with Crippen LogP contribution in [0.3, 0.4) is 0 Å². The molecule has 0 aliphatic carbocycles. The Bertz CT molecular complexity index is 422. The normalized spacial score (nSPS) is 19.3. The van der Waals surface area contributed by atoms with Gasteiger partial charge in [-0.15, -0.1) is 0 Å². The lowest BCUT2D eigenvalue weighted by molar-refractivity contribution is 0.220. The van der Waals surface area contributed by atoms with Crippen LogP contribution >= 0.6 is 0 Å². The second-order valence-corrected chi connectivity index (χ2v) is 5.98. The van der Waals surface area contributed by atoms with Crippen molar-refractivity contribution < 1.29 is 4.74 Å². The summed E-state index contributed by atoms with van der Waals surface area (Å²) in [6, 6.07) is 9.09. The molecule has 1 aliphatic rings. The zero-order valence-corrected chi connectivity index (χ0v) is 13.6. The first-order valence-corrected chi connectivity index (χ1v) is 8.00. The fourth-order valence-corrected chi connectivity index (χ4v) is 2.74. The van der Waals surface area contributed by atoms with Crippen LogP contribution in [0.25, 0.3) is 0 Å². The molecule has 1 heterocycles. The molecule has 0 spiro atoms. The van der Waals surface area contributed by atoms with Crippen LogP contribution in [0.4, 0.5) is 0 Å². The molecular weight excluding hydrogens is 262 g/mol. The summed E-state index contributed by atoms with van der Waals surface area (Å²) < 4.78 is 5.90. The maximum Gasteiger partial charge on any atom is 0.119 e. The molecule has 1 fully saturated rings. The minimum atomic E-state index is 0.702. The van der Waals surface area contributed by atoms with Gasteiger partial charge >= 0.3 is 0 Å². The molecule has 0 saturated carbocycles. The van der Waals surface area contributed by atoms with Gasteiger partial charge in [0.25, 0.3) is 0 Å². The molecule has 4 heteroatoms. The Labute approximate surface area is 129 Å². The Morgan fingerprint density at radius 1 is 1.38 bits per heavy atom. The average molecular weight is 291 g/mol. The molecule has 21 heavy (non-hydrogen) atoms. The summed E-state index contributed by atoms with van der Waals surface area (Å²) in [4.78, 5) is 4.82. The van der Waals surface area contributed by atoms with E-state index in [1.165, 1.54) is 18.5 Å². The van der Waals surface area contributed by atoms with Crippen LogP contribution in [-0.4, -0.2) is 62.7 Å². The lowest BCUT2D eigenvalue weighted by Crippen LogP contribution is -2.33. The van der Waals surface area contributed by atoms with E-state index in [1.807, 2.05) is 6.07 Å². The molecule has 0 bridgehead atoms. The van der Waals surface area contributed by atoms with E-state index in [2.05, 4.69) is 54.3 Å². The molecule has 1 N–H and O–H groups in total. The van der Waals surface area contributed by atoms with Gasteiger partial charge in [0, 0.05) is 25.7 Å². The number of ether oxygens (including phenoxy) is 1. The van der Waals surface area contributed by atoms with Crippen LogP contribution in [0.1, 0.15) is 18.9 Å². The molecule has 1 aliphatic heterocycles. The lowest BCUT2D eigenvalue weighted by atomic mass is 10.2. The van der Waals surface area contributed by atoms with Gasteiger partial charge in [0.1, 0.15) is 12.4 Å². The highest BCUT2D eigenvalue weighted by Crippen LogP contribution is 2.15. The van der Waals surface area contributed by atoms with Crippen molar-refractivity contribution in [3.05, 3.63) is 29.8 Å². The highest BCUT2D eigenvalue weighted by molar-refractivity contribution is 5.28. The van der Waals surface area contributed by atoms with Gasteiger partial charge in [-0.25, -0.2) is 0 Å². The standard InChI is InChI=1S/C17H29N3O/c1-4-18-13-15-6-5-7-17(12-15)21-11-10-20-9-8-16(14-20)19(2)3/h5-7,12,16,18H,4,8-11,13-14H2,1-3H3. The second kappa shape index (κ2) is 8.37. The predicted molar refractivity (Wildman–Crippen MR) is 87.8 cm³/mol. The molecule has 1 aromatic carbocycles. The highest BCUT2D eigenvalue weighted by atomic mass is 16.5. The van der Waals surface area contributed by atoms with Gasteiger partial charge in [0.2, 0.25) is 0 Å². The minimum Gasteiger partial charge on any atom is -0.492 e. The van der Waals surface area contributed by atoms with Gasteiger partial charge in [-0.3, -0.25) is 4.90 Å². The van der Waals surface area contributed by atoms with E-state index < -0.39 is 0 Å². The molecule has 118 valence electrons. The summed E-state index contributed by atoms with van der Waals surface area (Å²) >= 11 is 0. The number of likely N-dealkylation sites (N-methyl/N-ethyl adjacent to an activating group) is 1. The van der Waals surface area contributed by atoms with E-state index in [0.717, 1.165) is 38.5 Å². The smallest absolute Gasteiger partial charge is 0.119 e. The summed E-state index contributed by atoms with van der Waals surface area (Å²) in [7, 11) is 4.33. The number of rotatable bonds is 8. The molecular formula is C17H29N3O. The first kappa shape index (κ1) is 16.3. The summed E-state index contributed by atoms with van der Waals surface area (Å²) in [5, 5.41) is 3.34. The van der Waals surface area contributed by atoms with Crippen LogP contribution in [0, 0.1) is 0 Å². The fraction of sp³-hybridized carbons (Fsp3) is 0.647. The molecule has 4 nitrogen and oxygen atoms in total. The van der Waals surface area contributed by atoms with E-state index in [4.69, 9.17) is 4.74 Å². The van der Waals surface area contributed by atoms with Crippen molar-refractivity contribution in [3.63, 3.8) is 0 Å². The summed E-state index contributed by atoms with van der Waals surface area (Å²) in [6.07, 6.45) is 1.27. The van der Waals surface area contributed by atoms with Gasteiger partial charge in [-0.2, -0.15) is 0 Å². The molecule has 0 radical (unpaired) electrons. The van der Waals surface area contributed by atoms with Gasteiger partial charge in [-0.05, 0) is 51.3 Å². The van der Waals surface area contributed by atoms with Crippen molar-refractivity contribution in [2.75, 3.05) is 46.9 Å². The number of benzene rings is 1. The molecule has 1 aromatic rings. The third-order valence-electron chi connectivity index (χ3n) is 4.13. The van der Waals surface area contributed by atoms with Gasteiger partial charge in [-0.1, -0.05) is 19.1 Å². The van der Waals surface area contributed by atoms with E-state index in [9.17, 15) is 0 Å². The number of likely N-dealkylation sites (tertiary alicyclic amines) is 1. The number of hydrogen-bond donors (Lipinski definition) is 1. The zero-order chi connectivity index (χ0) is 15.1. The van der Waals surface area contributed by atoms with E-state index in [1.54, 1.807) is 0 Å². The second-order valence-electron chi connectivity index (χ2n) is 5.98. The molecule has 1 saturated heterocycles. The summed E-state index contributed by atoms with van der Waals surface area (Å²) in [6.45, 7) is 8.16. The number of hydrogen-bond acceptors (Lipinski definition) is 4. The highest BCUT2D eigenvalue weighted by Gasteiger charge is 2.23. The fourth-order valence-electron chi connectivity index (χ4n) is 2.74. The van der Waals surface area contributed by atoms with E-state index in [-0.39, 0.29) is 0 Å². The Balaban J connectivity index is 1.71. The maximum atomic E-state index is 5.90. The lowest BCUT2D eigenvalue weighted by Gasteiger charge is -2.20. The van der Waals surface area contributed by atoms with Crippen LogP contribution in [0.2, 0.25) is 0 Å². The quantitative estimate of drug-likeness (QED) is 0.790. The van der Waals surface area contributed by atoms with Crippen LogP contribution in [0.5, 0.6) is 5.75 Å². The Kier molecular flexibility index (Phi) is 6.49. The van der Waals surface area contributed by atoms with Crippen molar-refractivity contribution in [3.8, 4) is 5.75 Å². The van der Waals surface area contributed by atoms with E-state index >= 15 is 0 Å². The van der Waals surface area contributed by atoms with Gasteiger partial charge < -0.3 is 15.0 Å². The minimum absolute atomic E-state index is 0.702. The molecule has 0 amide bonds. The van der Waals surface area contributed by atoms with Crippen molar-refractivity contribution in [2.24, 2.45) is 0 Å². The Morgan fingerprint density at radius 2 is 2.24 bits per heavy atom. The first-order valence-electron chi connectivity index (χ1n) is 8.00. The van der Waals surface area contributed by atoms with Crippen molar-refractivity contribution in [1.29, 1.82) is 0 Å². The van der Waals surface area contributed by atoms with Crippen LogP contribution in [0.15, 0.2) is 24.3 Å². The van der Waals surface area contributed by atoms with Crippen LogP contribution < -0.4 is 10.1 Å². The topological polar surface area (TPSA) is 27.7 Å². The summed E-state index contributed by atoms with van der Waals surface area (Å²) in [5.41, 5.74) is 1.28. The Morgan fingerprint density at radius 3 is 2.95 bits per heavy atom. The molecule has 1 unspecified atom stereocenters. The van der Waals surface area contributed by atoms with Gasteiger partial charge in [0.05, 0.1) is 0 Å². The zero-order valence-electron chi connectivity index (χ0n) is 13.6. The largest absolute Gasteiger partial charge is 0.492 e. The van der Waals surface area contributed by atoms with Crippen LogP contribution in [-0.2, 0) is 6.54 Å². The van der Waals surface area contributed by atoms with Crippen molar-refractivity contribution >= 4 is 0 Å². The summed E-state index contributed by atoms with van der Waals surface area (Å²) in [5.74, 6) is 0.980. The average Bonchev–Trinajstić information content (AvgIpc) is 2.95. The third-order valence-corrected chi connectivity index (χ3v) is 4.13. The first-order chi connectivity index (χ1) is 10.2. The predicted octanol–water partition coefficient (Wildman–Crippen LogP) is 1.81. The van der Waals surface area contributed by atoms with Crippen molar-refractivity contribution in [1.82, 2.24) is 15.1 Å². The number of nitrogens with one attached hydrogen (secondary N) is 1. The molecule has 1 atom stereocenters. The molecule has 0 aromatic heterocycles. The molecule has 2 rings (SSSR count). The third kappa shape index (κ3) is 5.30. The Hall–Kier alpha value is -1.10.